The molecule has 7 heteroatoms. The predicted octanol–water partition coefficient (Wildman–Crippen LogP) is 4.52. The molecule has 1 aliphatic carbocycles. The zero-order chi connectivity index (χ0) is 18.9. The molecule has 3 aromatic rings. The summed E-state index contributed by atoms with van der Waals surface area (Å²) in [5.41, 5.74) is 0.726. The Bertz CT molecular complexity index is 1060. The molecule has 1 saturated carbocycles. The molecule has 1 atom stereocenters. The molecule has 5 heterocycles. The van der Waals surface area contributed by atoms with E-state index in [2.05, 4.69) is 15.2 Å². The zero-order valence-corrected chi connectivity index (χ0v) is 16.9. The average molecular weight is 414 g/mol. The molecular formula is C21H20FN3OS2. The Morgan fingerprint density at radius 3 is 2.82 bits per heavy atom. The maximum Gasteiger partial charge on any atom is 0.261 e. The van der Waals surface area contributed by atoms with Crippen LogP contribution in [0.25, 0.3) is 20.7 Å². The number of amides is 1. The number of piperidine rings is 3. The molecule has 7 rings (SSSR count). The van der Waals surface area contributed by atoms with E-state index < -0.39 is 0 Å². The number of hydrogen-bond acceptors (Lipinski definition) is 5. The molecule has 2 aromatic heterocycles. The van der Waals surface area contributed by atoms with Crippen LogP contribution in [0.2, 0.25) is 0 Å². The normalized spacial score (nSPS) is 27.4. The van der Waals surface area contributed by atoms with E-state index in [-0.39, 0.29) is 23.3 Å². The van der Waals surface area contributed by atoms with E-state index in [1.807, 2.05) is 11.4 Å². The number of thiazole rings is 1. The summed E-state index contributed by atoms with van der Waals surface area (Å²) >= 11 is 2.79. The standard InChI is InChI=1S/C21H20FN3OS2/c22-14-2-1-13-11-15(28-17(13)16(14)20-23-7-10-27-20)19(26)24-18-12-3-8-25(9-4-12)21(18)5-6-21/h1-2,7,10-12,18H,3-6,8-9H2,(H,24,26)/t18-/m1/s1. The van der Waals surface area contributed by atoms with Gasteiger partial charge in [0.2, 0.25) is 0 Å². The second-order valence-corrected chi connectivity index (χ2v) is 10.1. The Morgan fingerprint density at radius 2 is 2.11 bits per heavy atom. The van der Waals surface area contributed by atoms with Crippen molar-refractivity contribution in [3.63, 3.8) is 0 Å². The number of nitrogens with zero attached hydrogens (tertiary/aromatic N) is 2. The van der Waals surface area contributed by atoms with E-state index in [0.717, 1.165) is 10.1 Å². The number of rotatable bonds is 3. The highest BCUT2D eigenvalue weighted by atomic mass is 32.1. The number of carbonyl (C=O) groups excluding carboxylic acids is 1. The minimum Gasteiger partial charge on any atom is -0.346 e. The summed E-state index contributed by atoms with van der Waals surface area (Å²) in [5, 5.41) is 6.78. The third-order valence-corrected chi connectivity index (χ3v) is 8.73. The second kappa shape index (κ2) is 6.08. The Morgan fingerprint density at radius 1 is 1.29 bits per heavy atom. The van der Waals surface area contributed by atoms with E-state index >= 15 is 0 Å². The molecule has 1 spiro atoms. The number of benzene rings is 1. The fraction of sp³-hybridized carbons (Fsp3) is 0.429. The molecule has 0 unspecified atom stereocenters. The number of halogens is 1. The van der Waals surface area contributed by atoms with Crippen molar-refractivity contribution in [2.75, 3.05) is 13.1 Å². The van der Waals surface area contributed by atoms with Gasteiger partial charge in [0.15, 0.2) is 0 Å². The molecular weight excluding hydrogens is 393 g/mol. The fourth-order valence-electron chi connectivity index (χ4n) is 5.27. The van der Waals surface area contributed by atoms with Crippen molar-refractivity contribution in [1.29, 1.82) is 0 Å². The molecule has 4 nitrogen and oxygen atoms in total. The molecule has 3 saturated heterocycles. The summed E-state index contributed by atoms with van der Waals surface area (Å²) in [6.07, 6.45) is 6.43. The van der Waals surface area contributed by atoms with Gasteiger partial charge < -0.3 is 5.32 Å². The highest BCUT2D eigenvalue weighted by Gasteiger charge is 2.60. The van der Waals surface area contributed by atoms with Crippen LogP contribution in [0.15, 0.2) is 29.8 Å². The van der Waals surface area contributed by atoms with Crippen LogP contribution in [0.4, 0.5) is 4.39 Å². The number of nitrogens with one attached hydrogen (secondary N) is 1. The molecule has 28 heavy (non-hydrogen) atoms. The first-order valence-corrected chi connectivity index (χ1v) is 11.5. The van der Waals surface area contributed by atoms with Crippen molar-refractivity contribution < 1.29 is 9.18 Å². The van der Waals surface area contributed by atoms with Gasteiger partial charge in [-0.3, -0.25) is 9.69 Å². The van der Waals surface area contributed by atoms with Crippen molar-refractivity contribution in [3.8, 4) is 10.6 Å². The van der Waals surface area contributed by atoms with Crippen molar-refractivity contribution in [1.82, 2.24) is 15.2 Å². The van der Waals surface area contributed by atoms with Crippen LogP contribution in [0.5, 0.6) is 0 Å². The predicted molar refractivity (Wildman–Crippen MR) is 110 cm³/mol. The van der Waals surface area contributed by atoms with Gasteiger partial charge in [-0.05, 0) is 62.2 Å². The lowest BCUT2D eigenvalue weighted by atomic mass is 9.77. The van der Waals surface area contributed by atoms with Crippen LogP contribution >= 0.6 is 22.7 Å². The monoisotopic (exact) mass is 413 g/mol. The fourth-order valence-corrected chi connectivity index (χ4v) is 7.12. The molecule has 144 valence electrons. The molecule has 1 amide bonds. The number of hydrogen-bond donors (Lipinski definition) is 1. The molecule has 1 aromatic carbocycles. The first-order chi connectivity index (χ1) is 13.7. The average Bonchev–Trinajstić information content (AvgIpc) is 3.12. The van der Waals surface area contributed by atoms with Gasteiger partial charge in [-0.25, -0.2) is 9.37 Å². The van der Waals surface area contributed by atoms with Crippen LogP contribution in [-0.2, 0) is 0 Å². The number of carbonyl (C=O) groups is 1. The van der Waals surface area contributed by atoms with Crippen LogP contribution in [0, 0.1) is 11.7 Å². The van der Waals surface area contributed by atoms with Crippen molar-refractivity contribution >= 4 is 38.7 Å². The van der Waals surface area contributed by atoms with E-state index in [4.69, 9.17) is 0 Å². The van der Waals surface area contributed by atoms with Crippen molar-refractivity contribution in [3.05, 3.63) is 40.5 Å². The van der Waals surface area contributed by atoms with Crippen LogP contribution in [0.3, 0.4) is 0 Å². The van der Waals surface area contributed by atoms with E-state index in [0.29, 0.717) is 21.4 Å². The molecule has 2 bridgehead atoms. The summed E-state index contributed by atoms with van der Waals surface area (Å²) in [5.74, 6) is 0.288. The van der Waals surface area contributed by atoms with Crippen LogP contribution < -0.4 is 5.32 Å². The van der Waals surface area contributed by atoms with Gasteiger partial charge in [-0.15, -0.1) is 22.7 Å². The lowest BCUT2D eigenvalue weighted by molar-refractivity contribution is -0.00138. The Labute approximate surface area is 170 Å². The van der Waals surface area contributed by atoms with Gasteiger partial charge in [0.25, 0.3) is 5.91 Å². The van der Waals surface area contributed by atoms with Gasteiger partial charge in [0.05, 0.1) is 16.5 Å². The summed E-state index contributed by atoms with van der Waals surface area (Å²) in [4.78, 5) is 20.7. The van der Waals surface area contributed by atoms with Gasteiger partial charge in [0.1, 0.15) is 10.8 Å². The topological polar surface area (TPSA) is 45.2 Å². The third-order valence-electron chi connectivity index (χ3n) is 6.77. The quantitative estimate of drug-likeness (QED) is 0.687. The molecule has 0 radical (unpaired) electrons. The Hall–Kier alpha value is -1.83. The highest BCUT2D eigenvalue weighted by molar-refractivity contribution is 7.22. The third kappa shape index (κ3) is 2.42. The smallest absolute Gasteiger partial charge is 0.261 e. The molecule has 4 fully saturated rings. The summed E-state index contributed by atoms with van der Waals surface area (Å²) in [6.45, 7) is 2.35. The second-order valence-electron chi connectivity index (χ2n) is 8.17. The SMILES string of the molecule is O=C(N[C@@H]1C2CCN(CC2)C12CC2)c1cc2ccc(F)c(-c3nccs3)c2s1. The maximum absolute atomic E-state index is 14.5. The van der Waals surface area contributed by atoms with Crippen LogP contribution in [0.1, 0.15) is 35.4 Å². The largest absolute Gasteiger partial charge is 0.346 e. The van der Waals surface area contributed by atoms with Gasteiger partial charge in [-0.2, -0.15) is 0 Å². The summed E-state index contributed by atoms with van der Waals surface area (Å²) < 4.78 is 15.3. The lowest BCUT2D eigenvalue weighted by Crippen LogP contribution is -2.65. The van der Waals surface area contributed by atoms with Crippen molar-refractivity contribution in [2.45, 2.75) is 37.3 Å². The molecule has 1 N–H and O–H groups in total. The van der Waals surface area contributed by atoms with Gasteiger partial charge >= 0.3 is 0 Å². The molecule has 4 aliphatic rings. The van der Waals surface area contributed by atoms with E-state index in [1.54, 1.807) is 12.3 Å². The minimum atomic E-state index is -0.286. The number of aromatic nitrogens is 1. The van der Waals surface area contributed by atoms with Crippen molar-refractivity contribution in [2.24, 2.45) is 5.92 Å². The first kappa shape index (κ1) is 17.1. The first-order valence-electron chi connectivity index (χ1n) is 9.83. The van der Waals surface area contributed by atoms with Crippen LogP contribution in [-0.4, -0.2) is 40.5 Å². The highest BCUT2D eigenvalue weighted by Crippen LogP contribution is 2.53. The number of thiophene rings is 1. The summed E-state index contributed by atoms with van der Waals surface area (Å²) in [7, 11) is 0. The Balaban J connectivity index is 1.34. The zero-order valence-electron chi connectivity index (χ0n) is 15.3. The minimum absolute atomic E-state index is 0.0169. The van der Waals surface area contributed by atoms with Gasteiger partial charge in [-0.1, -0.05) is 6.07 Å². The number of fused-ring (bicyclic) bond motifs is 3. The summed E-state index contributed by atoms with van der Waals surface area (Å²) in [6, 6.07) is 5.38. The van der Waals surface area contributed by atoms with E-state index in [9.17, 15) is 9.18 Å². The van der Waals surface area contributed by atoms with Gasteiger partial charge in [0, 0.05) is 21.8 Å². The molecule has 3 aliphatic heterocycles. The van der Waals surface area contributed by atoms with E-state index in [1.165, 1.54) is 67.5 Å². The Kier molecular flexibility index (Phi) is 3.71. The lowest BCUT2D eigenvalue weighted by Gasteiger charge is -2.52. The maximum atomic E-state index is 14.5.